The van der Waals surface area contributed by atoms with Crippen molar-refractivity contribution in [1.82, 2.24) is 0 Å². The van der Waals surface area contributed by atoms with Crippen LogP contribution in [0.2, 0.25) is 0 Å². The molecule has 0 heterocycles. The Bertz CT molecular complexity index is 280. The molecule has 2 N–H and O–H groups in total. The zero-order valence-corrected chi connectivity index (χ0v) is 10.4. The second kappa shape index (κ2) is 6.66. The Kier molecular flexibility index (Phi) is 5.50. The summed E-state index contributed by atoms with van der Waals surface area (Å²) < 4.78 is 5.46. The summed E-state index contributed by atoms with van der Waals surface area (Å²) in [7, 11) is 0. The maximum atomic E-state index is 5.98. The maximum absolute atomic E-state index is 5.98. The highest BCUT2D eigenvalue weighted by Crippen LogP contribution is 2.30. The van der Waals surface area contributed by atoms with Crippen molar-refractivity contribution >= 4 is 0 Å². The number of hydrogen-bond donors (Lipinski definition) is 1. The molecule has 0 saturated heterocycles. The van der Waals surface area contributed by atoms with E-state index in [4.69, 9.17) is 10.5 Å². The van der Waals surface area contributed by atoms with Crippen LogP contribution in [0.3, 0.4) is 0 Å². The van der Waals surface area contributed by atoms with Gasteiger partial charge in [-0.25, -0.2) is 0 Å². The molecule has 0 spiro atoms. The Morgan fingerprint density at radius 3 is 2.38 bits per heavy atom. The second-order valence-electron chi connectivity index (χ2n) is 4.15. The molecule has 1 aromatic rings. The van der Waals surface area contributed by atoms with Gasteiger partial charge in [0, 0.05) is 25.2 Å². The van der Waals surface area contributed by atoms with Crippen LogP contribution in [0.25, 0.3) is 0 Å². The molecule has 2 nitrogen and oxygen atoms in total. The van der Waals surface area contributed by atoms with E-state index >= 15 is 0 Å². The smallest absolute Gasteiger partial charge is 0.0474 e. The summed E-state index contributed by atoms with van der Waals surface area (Å²) in [5, 5.41) is 0. The molecule has 90 valence electrons. The Morgan fingerprint density at radius 2 is 1.88 bits per heavy atom. The predicted octanol–water partition coefficient (Wildman–Crippen LogP) is 2.72. The average Bonchev–Trinajstić information content (AvgIpc) is 2.36. The van der Waals surface area contributed by atoms with Crippen LogP contribution in [0.5, 0.6) is 0 Å². The largest absolute Gasteiger partial charge is 0.382 e. The van der Waals surface area contributed by atoms with Gasteiger partial charge in [0.15, 0.2) is 0 Å². The first kappa shape index (κ1) is 13.2. The molecular weight excluding hydrogens is 198 g/mol. The van der Waals surface area contributed by atoms with Crippen molar-refractivity contribution in [2.75, 3.05) is 19.8 Å². The summed E-state index contributed by atoms with van der Waals surface area (Å²) >= 11 is 0. The van der Waals surface area contributed by atoms with E-state index in [-0.39, 0.29) is 5.41 Å². The van der Waals surface area contributed by atoms with E-state index in [0.29, 0.717) is 6.54 Å². The summed E-state index contributed by atoms with van der Waals surface area (Å²) in [5.41, 5.74) is 7.39. The fraction of sp³-hybridized carbons (Fsp3) is 0.571. The molecule has 16 heavy (non-hydrogen) atoms. The molecule has 0 aliphatic carbocycles. The predicted molar refractivity (Wildman–Crippen MR) is 68.6 cm³/mol. The Labute approximate surface area is 98.8 Å². The molecule has 0 aromatic heterocycles. The minimum atomic E-state index is 0.0798. The molecule has 0 saturated carbocycles. The van der Waals surface area contributed by atoms with E-state index < -0.39 is 0 Å². The van der Waals surface area contributed by atoms with Crippen LogP contribution in [0, 0.1) is 0 Å². The van der Waals surface area contributed by atoms with Gasteiger partial charge in [-0.1, -0.05) is 37.3 Å². The van der Waals surface area contributed by atoms with Gasteiger partial charge in [0.1, 0.15) is 0 Å². The number of rotatable bonds is 7. The third kappa shape index (κ3) is 3.06. The minimum Gasteiger partial charge on any atom is -0.382 e. The van der Waals surface area contributed by atoms with E-state index in [0.717, 1.165) is 26.1 Å². The zero-order valence-electron chi connectivity index (χ0n) is 10.4. The van der Waals surface area contributed by atoms with Gasteiger partial charge in [0.25, 0.3) is 0 Å². The first-order valence-electron chi connectivity index (χ1n) is 6.12. The molecule has 1 rings (SSSR count). The minimum absolute atomic E-state index is 0.0798. The third-order valence-electron chi connectivity index (χ3n) is 3.38. The topological polar surface area (TPSA) is 35.2 Å². The molecule has 0 aliphatic rings. The third-order valence-corrected chi connectivity index (χ3v) is 3.38. The Morgan fingerprint density at radius 1 is 1.19 bits per heavy atom. The molecule has 0 radical (unpaired) electrons. The van der Waals surface area contributed by atoms with Gasteiger partial charge in [-0.15, -0.1) is 0 Å². The lowest BCUT2D eigenvalue weighted by Gasteiger charge is -2.32. The van der Waals surface area contributed by atoms with Gasteiger partial charge in [-0.3, -0.25) is 0 Å². The highest BCUT2D eigenvalue weighted by atomic mass is 16.5. The van der Waals surface area contributed by atoms with Crippen LogP contribution < -0.4 is 5.73 Å². The lowest BCUT2D eigenvalue weighted by molar-refractivity contribution is 0.124. The molecule has 1 unspecified atom stereocenters. The standard InChI is InChI=1S/C14H23NO/c1-3-14(12-15,10-11-16-4-2)13-8-6-5-7-9-13/h5-9H,3-4,10-12,15H2,1-2H3. The van der Waals surface area contributed by atoms with E-state index in [1.807, 2.05) is 13.0 Å². The fourth-order valence-electron chi connectivity index (χ4n) is 2.09. The van der Waals surface area contributed by atoms with Crippen LogP contribution in [0.1, 0.15) is 32.3 Å². The van der Waals surface area contributed by atoms with Crippen LogP contribution in [-0.4, -0.2) is 19.8 Å². The lowest BCUT2D eigenvalue weighted by atomic mass is 9.75. The summed E-state index contributed by atoms with van der Waals surface area (Å²) in [4.78, 5) is 0. The summed E-state index contributed by atoms with van der Waals surface area (Å²) in [6, 6.07) is 10.5. The number of hydrogen-bond acceptors (Lipinski definition) is 2. The van der Waals surface area contributed by atoms with Crippen molar-refractivity contribution < 1.29 is 4.74 Å². The normalized spacial score (nSPS) is 14.7. The number of benzene rings is 1. The first-order valence-corrected chi connectivity index (χ1v) is 6.12. The Hall–Kier alpha value is -0.860. The monoisotopic (exact) mass is 221 g/mol. The van der Waals surface area contributed by atoms with Gasteiger partial charge >= 0.3 is 0 Å². The van der Waals surface area contributed by atoms with Gasteiger partial charge < -0.3 is 10.5 Å². The lowest BCUT2D eigenvalue weighted by Crippen LogP contribution is -2.35. The quantitative estimate of drug-likeness (QED) is 0.718. The molecular formula is C14H23NO. The van der Waals surface area contributed by atoms with Gasteiger partial charge in [-0.2, -0.15) is 0 Å². The summed E-state index contributed by atoms with van der Waals surface area (Å²) in [6.45, 7) is 6.47. The summed E-state index contributed by atoms with van der Waals surface area (Å²) in [6.07, 6.45) is 2.05. The molecule has 1 atom stereocenters. The maximum Gasteiger partial charge on any atom is 0.0474 e. The van der Waals surface area contributed by atoms with Gasteiger partial charge in [0.2, 0.25) is 0 Å². The Balaban J connectivity index is 2.79. The average molecular weight is 221 g/mol. The van der Waals surface area contributed by atoms with Crippen LogP contribution in [0.15, 0.2) is 30.3 Å². The van der Waals surface area contributed by atoms with Crippen molar-refractivity contribution in [2.24, 2.45) is 5.73 Å². The van der Waals surface area contributed by atoms with Crippen molar-refractivity contribution in [1.29, 1.82) is 0 Å². The van der Waals surface area contributed by atoms with Crippen LogP contribution >= 0.6 is 0 Å². The van der Waals surface area contributed by atoms with Gasteiger partial charge in [-0.05, 0) is 25.3 Å². The highest BCUT2D eigenvalue weighted by Gasteiger charge is 2.28. The van der Waals surface area contributed by atoms with E-state index in [1.165, 1.54) is 5.56 Å². The molecule has 0 fully saturated rings. The summed E-state index contributed by atoms with van der Waals surface area (Å²) in [5.74, 6) is 0. The SMILES string of the molecule is CCOCCC(CC)(CN)c1ccccc1. The fourth-order valence-corrected chi connectivity index (χ4v) is 2.09. The van der Waals surface area contributed by atoms with Crippen LogP contribution in [0.4, 0.5) is 0 Å². The van der Waals surface area contributed by atoms with Crippen molar-refractivity contribution in [3.05, 3.63) is 35.9 Å². The molecule has 0 amide bonds. The van der Waals surface area contributed by atoms with Crippen molar-refractivity contribution in [3.63, 3.8) is 0 Å². The second-order valence-corrected chi connectivity index (χ2v) is 4.15. The van der Waals surface area contributed by atoms with Crippen LogP contribution in [-0.2, 0) is 10.2 Å². The molecule has 0 aliphatic heterocycles. The van der Waals surface area contributed by atoms with E-state index in [9.17, 15) is 0 Å². The first-order chi connectivity index (χ1) is 7.79. The highest BCUT2D eigenvalue weighted by molar-refractivity contribution is 5.25. The molecule has 1 aromatic carbocycles. The van der Waals surface area contributed by atoms with Crippen molar-refractivity contribution in [2.45, 2.75) is 32.1 Å². The van der Waals surface area contributed by atoms with Crippen molar-refractivity contribution in [3.8, 4) is 0 Å². The van der Waals surface area contributed by atoms with E-state index in [2.05, 4.69) is 31.2 Å². The number of ether oxygens (including phenoxy) is 1. The molecule has 2 heteroatoms. The zero-order chi connectivity index (χ0) is 11.9. The van der Waals surface area contributed by atoms with E-state index in [1.54, 1.807) is 0 Å². The number of nitrogens with two attached hydrogens (primary N) is 1. The van der Waals surface area contributed by atoms with Gasteiger partial charge in [0.05, 0.1) is 0 Å². The molecule has 0 bridgehead atoms.